The number of hydrogen-bond donors (Lipinski definition) is 1. The summed E-state index contributed by atoms with van der Waals surface area (Å²) in [5, 5.41) is 15.6. The highest BCUT2D eigenvalue weighted by atomic mass is 32.1. The zero-order valence-corrected chi connectivity index (χ0v) is 15.3. The summed E-state index contributed by atoms with van der Waals surface area (Å²) in [6.07, 6.45) is 1.70. The smallest absolute Gasteiger partial charge is 0.267 e. The summed E-state index contributed by atoms with van der Waals surface area (Å²) in [6, 6.07) is 8.61. The molecule has 1 saturated heterocycles. The van der Waals surface area contributed by atoms with Crippen molar-refractivity contribution in [1.29, 1.82) is 5.26 Å². The topological polar surface area (TPSA) is 99.0 Å². The fourth-order valence-corrected chi connectivity index (χ4v) is 3.57. The van der Waals surface area contributed by atoms with Gasteiger partial charge in [0.05, 0.1) is 17.3 Å². The number of carbonyl (C=O) groups excluding carboxylic acids is 2. The highest BCUT2D eigenvalue weighted by Gasteiger charge is 2.26. The molecule has 0 saturated carbocycles. The van der Waals surface area contributed by atoms with Crippen molar-refractivity contribution in [3.8, 4) is 6.07 Å². The summed E-state index contributed by atoms with van der Waals surface area (Å²) in [5.41, 5.74) is 1.76. The van der Waals surface area contributed by atoms with E-state index < -0.39 is 0 Å². The van der Waals surface area contributed by atoms with Crippen LogP contribution in [-0.4, -0.2) is 45.9 Å². The van der Waals surface area contributed by atoms with Crippen molar-refractivity contribution in [3.63, 3.8) is 0 Å². The second-order valence-corrected chi connectivity index (χ2v) is 7.08. The summed E-state index contributed by atoms with van der Waals surface area (Å²) >= 11 is 1.14. The highest BCUT2D eigenvalue weighted by molar-refractivity contribution is 7.07. The first-order chi connectivity index (χ1) is 12.6. The predicted molar refractivity (Wildman–Crippen MR) is 96.8 cm³/mol. The normalized spacial score (nSPS) is 14.7. The fraction of sp³-hybridized carbons (Fsp3) is 0.389. The lowest BCUT2D eigenvalue weighted by atomic mass is 9.96. The Balaban J connectivity index is 1.46. The first-order valence-corrected chi connectivity index (χ1v) is 9.22. The highest BCUT2D eigenvalue weighted by Crippen LogP contribution is 2.20. The second kappa shape index (κ2) is 8.06. The van der Waals surface area contributed by atoms with Crippen LogP contribution >= 0.6 is 11.5 Å². The fourth-order valence-electron chi connectivity index (χ4n) is 2.95. The Morgan fingerprint density at radius 2 is 2.00 bits per heavy atom. The number of piperidine rings is 1. The minimum absolute atomic E-state index is 0.00225. The Morgan fingerprint density at radius 3 is 2.58 bits per heavy atom. The molecule has 26 heavy (non-hydrogen) atoms. The number of nitrogens with one attached hydrogen (secondary N) is 1. The number of benzene rings is 1. The number of aryl methyl sites for hydroxylation is 1. The maximum Gasteiger partial charge on any atom is 0.267 e. The van der Waals surface area contributed by atoms with Gasteiger partial charge in [0.2, 0.25) is 0 Å². The van der Waals surface area contributed by atoms with Gasteiger partial charge in [0.25, 0.3) is 11.8 Å². The molecule has 1 fully saturated rings. The largest absolute Gasteiger partial charge is 0.352 e. The molecule has 2 aromatic rings. The molecule has 7 nitrogen and oxygen atoms in total. The maximum absolute atomic E-state index is 12.5. The van der Waals surface area contributed by atoms with Gasteiger partial charge in [0.15, 0.2) is 0 Å². The summed E-state index contributed by atoms with van der Waals surface area (Å²) in [4.78, 5) is 27.1. The molecule has 0 spiro atoms. The van der Waals surface area contributed by atoms with Crippen LogP contribution in [0.1, 0.15) is 44.1 Å². The molecular formula is C18H19N5O2S. The molecule has 2 heterocycles. The van der Waals surface area contributed by atoms with Crippen LogP contribution in [-0.2, 0) is 0 Å². The van der Waals surface area contributed by atoms with E-state index in [9.17, 15) is 9.59 Å². The number of carbonyl (C=O) groups is 2. The van der Waals surface area contributed by atoms with E-state index >= 15 is 0 Å². The lowest BCUT2D eigenvalue weighted by Crippen LogP contribution is -2.41. The van der Waals surface area contributed by atoms with Gasteiger partial charge in [-0.25, -0.2) is 0 Å². The standard InChI is InChI=1S/C18H19N5O2S/c1-12-16(26-22-21-12)18(25)23-8-6-14(7-9-23)11-20-17(24)15-4-2-13(10-19)3-5-15/h2-5,14H,6-9,11H2,1H3,(H,20,24). The average molecular weight is 369 g/mol. The third kappa shape index (κ3) is 4.06. The Hall–Kier alpha value is -2.79. The van der Waals surface area contributed by atoms with E-state index in [-0.39, 0.29) is 11.8 Å². The average Bonchev–Trinajstić information content (AvgIpc) is 3.12. The molecular weight excluding hydrogens is 350 g/mol. The van der Waals surface area contributed by atoms with E-state index in [0.29, 0.717) is 47.3 Å². The molecule has 1 N–H and O–H groups in total. The molecule has 1 aliphatic rings. The van der Waals surface area contributed by atoms with Crippen LogP contribution in [0.3, 0.4) is 0 Å². The van der Waals surface area contributed by atoms with Crippen LogP contribution < -0.4 is 5.32 Å². The summed E-state index contributed by atoms with van der Waals surface area (Å²) in [5.74, 6) is 0.207. The van der Waals surface area contributed by atoms with E-state index in [4.69, 9.17) is 5.26 Å². The van der Waals surface area contributed by atoms with Gasteiger partial charge < -0.3 is 10.2 Å². The lowest BCUT2D eigenvalue weighted by Gasteiger charge is -2.31. The molecule has 1 aromatic heterocycles. The molecule has 3 rings (SSSR count). The third-order valence-corrected chi connectivity index (χ3v) is 5.39. The lowest BCUT2D eigenvalue weighted by molar-refractivity contribution is 0.0688. The molecule has 0 aliphatic carbocycles. The minimum Gasteiger partial charge on any atom is -0.352 e. The van der Waals surface area contributed by atoms with Crippen LogP contribution in [0.5, 0.6) is 0 Å². The molecule has 134 valence electrons. The number of hydrogen-bond acceptors (Lipinski definition) is 6. The molecule has 1 aliphatic heterocycles. The van der Waals surface area contributed by atoms with Crippen LogP contribution in [0.4, 0.5) is 0 Å². The molecule has 0 bridgehead atoms. The van der Waals surface area contributed by atoms with Gasteiger partial charge in [-0.15, -0.1) is 5.10 Å². The zero-order valence-electron chi connectivity index (χ0n) is 14.4. The third-order valence-electron chi connectivity index (χ3n) is 4.58. The predicted octanol–water partition coefficient (Wildman–Crippen LogP) is 2.00. The Bertz CT molecular complexity index is 832. The molecule has 0 radical (unpaired) electrons. The number of nitrogens with zero attached hydrogens (tertiary/aromatic N) is 4. The van der Waals surface area contributed by atoms with Gasteiger partial charge in [0.1, 0.15) is 4.88 Å². The van der Waals surface area contributed by atoms with Crippen molar-refractivity contribution >= 4 is 23.3 Å². The van der Waals surface area contributed by atoms with E-state index in [1.807, 2.05) is 11.0 Å². The Morgan fingerprint density at radius 1 is 1.31 bits per heavy atom. The first kappa shape index (κ1) is 18.0. The van der Waals surface area contributed by atoms with Gasteiger partial charge in [-0.1, -0.05) is 4.49 Å². The first-order valence-electron chi connectivity index (χ1n) is 8.45. The van der Waals surface area contributed by atoms with Gasteiger partial charge in [-0.2, -0.15) is 5.26 Å². The molecule has 8 heteroatoms. The van der Waals surface area contributed by atoms with Gasteiger partial charge in [-0.3, -0.25) is 9.59 Å². The summed E-state index contributed by atoms with van der Waals surface area (Å²) < 4.78 is 3.82. The molecule has 2 amide bonds. The summed E-state index contributed by atoms with van der Waals surface area (Å²) in [6.45, 7) is 3.73. The molecule has 0 unspecified atom stereocenters. The van der Waals surface area contributed by atoms with Crippen molar-refractivity contribution in [1.82, 2.24) is 19.8 Å². The SMILES string of the molecule is Cc1nnsc1C(=O)N1CCC(CNC(=O)c2ccc(C#N)cc2)CC1. The van der Waals surface area contributed by atoms with Gasteiger partial charge >= 0.3 is 0 Å². The van der Waals surface area contributed by atoms with Gasteiger partial charge in [0, 0.05) is 25.2 Å². The molecule has 0 atom stereocenters. The van der Waals surface area contributed by atoms with E-state index in [1.54, 1.807) is 31.2 Å². The summed E-state index contributed by atoms with van der Waals surface area (Å²) in [7, 11) is 0. The van der Waals surface area contributed by atoms with Crippen molar-refractivity contribution in [2.24, 2.45) is 5.92 Å². The Labute approximate surface area is 155 Å². The monoisotopic (exact) mass is 369 g/mol. The number of likely N-dealkylation sites (tertiary alicyclic amines) is 1. The van der Waals surface area contributed by atoms with Crippen molar-refractivity contribution in [3.05, 3.63) is 46.0 Å². The quantitative estimate of drug-likeness (QED) is 0.889. The van der Waals surface area contributed by atoms with Crippen molar-refractivity contribution < 1.29 is 9.59 Å². The Kier molecular flexibility index (Phi) is 5.58. The number of amides is 2. The van der Waals surface area contributed by atoms with Crippen molar-refractivity contribution in [2.45, 2.75) is 19.8 Å². The van der Waals surface area contributed by atoms with E-state index in [1.165, 1.54) is 0 Å². The second-order valence-electron chi connectivity index (χ2n) is 6.32. The minimum atomic E-state index is -0.139. The number of aromatic nitrogens is 2. The van der Waals surface area contributed by atoms with Crippen molar-refractivity contribution in [2.75, 3.05) is 19.6 Å². The van der Waals surface area contributed by atoms with Crippen LogP contribution in [0, 0.1) is 24.2 Å². The number of nitriles is 1. The van der Waals surface area contributed by atoms with Gasteiger partial charge in [-0.05, 0) is 61.5 Å². The number of rotatable bonds is 4. The van der Waals surface area contributed by atoms with Crippen LogP contribution in [0.15, 0.2) is 24.3 Å². The molecule has 1 aromatic carbocycles. The zero-order chi connectivity index (χ0) is 18.5. The van der Waals surface area contributed by atoms with E-state index in [0.717, 1.165) is 24.4 Å². The van der Waals surface area contributed by atoms with Crippen LogP contribution in [0.25, 0.3) is 0 Å². The van der Waals surface area contributed by atoms with E-state index in [2.05, 4.69) is 14.9 Å². The maximum atomic E-state index is 12.5. The van der Waals surface area contributed by atoms with Crippen LogP contribution in [0.2, 0.25) is 0 Å².